The molecule has 102 valence electrons. The molecule has 0 aliphatic heterocycles. The van der Waals surface area contributed by atoms with Crippen LogP contribution in [-0.4, -0.2) is 35.7 Å². The molecule has 2 unspecified atom stereocenters. The fourth-order valence-corrected chi connectivity index (χ4v) is 3.33. The fourth-order valence-electron chi connectivity index (χ4n) is 3.33. The molecule has 0 heterocycles. The topological polar surface area (TPSA) is 23.5 Å². The van der Waals surface area contributed by atoms with Gasteiger partial charge in [0.25, 0.3) is 0 Å². The van der Waals surface area contributed by atoms with Crippen LogP contribution in [0.25, 0.3) is 0 Å². The molecule has 2 atom stereocenters. The highest BCUT2D eigenvalue weighted by Crippen LogP contribution is 2.28. The molecule has 0 aromatic rings. The predicted molar refractivity (Wildman–Crippen MR) is 74.2 cm³/mol. The second-order valence-electron chi connectivity index (χ2n) is 5.43. The first-order chi connectivity index (χ1) is 8.33. The van der Waals surface area contributed by atoms with Crippen LogP contribution in [0.3, 0.4) is 0 Å². The number of rotatable bonds is 6. The summed E-state index contributed by atoms with van der Waals surface area (Å²) in [5.74, 6) is 0.883. The molecule has 1 rings (SSSR count). The molecule has 0 spiro atoms. The Labute approximate surface area is 107 Å². The summed E-state index contributed by atoms with van der Waals surface area (Å²) in [5, 5.41) is 9.01. The molecular weight excluding hydrogens is 210 g/mol. The van der Waals surface area contributed by atoms with Crippen LogP contribution in [0.15, 0.2) is 0 Å². The van der Waals surface area contributed by atoms with Gasteiger partial charge in [-0.25, -0.2) is 0 Å². The van der Waals surface area contributed by atoms with E-state index in [0.29, 0.717) is 6.61 Å². The van der Waals surface area contributed by atoms with Crippen molar-refractivity contribution in [2.45, 2.75) is 71.3 Å². The Hall–Kier alpha value is -0.0800. The van der Waals surface area contributed by atoms with Gasteiger partial charge in [0, 0.05) is 19.2 Å². The quantitative estimate of drug-likeness (QED) is 0.770. The van der Waals surface area contributed by atoms with Gasteiger partial charge in [0.15, 0.2) is 0 Å². The summed E-state index contributed by atoms with van der Waals surface area (Å²) in [4.78, 5) is 2.62. The number of nitrogens with zero attached hydrogens (tertiary/aromatic N) is 1. The second-order valence-corrected chi connectivity index (χ2v) is 5.43. The van der Waals surface area contributed by atoms with Gasteiger partial charge in [-0.2, -0.15) is 0 Å². The molecule has 1 aliphatic rings. The van der Waals surface area contributed by atoms with E-state index in [9.17, 15) is 0 Å². The molecule has 0 amide bonds. The van der Waals surface area contributed by atoms with Gasteiger partial charge in [0.1, 0.15) is 0 Å². The van der Waals surface area contributed by atoms with E-state index in [1.54, 1.807) is 0 Å². The van der Waals surface area contributed by atoms with Crippen LogP contribution in [-0.2, 0) is 0 Å². The maximum atomic E-state index is 9.01. The average Bonchev–Trinajstić information content (AvgIpc) is 2.32. The zero-order chi connectivity index (χ0) is 12.5. The molecule has 0 saturated heterocycles. The van der Waals surface area contributed by atoms with Gasteiger partial charge >= 0.3 is 0 Å². The number of aliphatic hydroxyl groups excluding tert-OH is 1. The third-order valence-electron chi connectivity index (χ3n) is 4.37. The molecule has 2 heteroatoms. The van der Waals surface area contributed by atoms with E-state index in [2.05, 4.69) is 18.7 Å². The van der Waals surface area contributed by atoms with Crippen LogP contribution in [0.1, 0.15) is 65.2 Å². The third-order valence-corrected chi connectivity index (χ3v) is 4.37. The number of aliphatic hydroxyl groups is 1. The summed E-state index contributed by atoms with van der Waals surface area (Å²) in [6.07, 6.45) is 10.7. The average molecular weight is 241 g/mol. The lowest BCUT2D eigenvalue weighted by atomic mass is 9.84. The van der Waals surface area contributed by atoms with Crippen molar-refractivity contribution in [1.29, 1.82) is 0 Å². The molecule has 1 N–H and O–H groups in total. The monoisotopic (exact) mass is 241 g/mol. The van der Waals surface area contributed by atoms with Gasteiger partial charge < -0.3 is 10.0 Å². The second kappa shape index (κ2) is 8.93. The van der Waals surface area contributed by atoms with Crippen LogP contribution in [0.2, 0.25) is 0 Å². The molecule has 2 nitrogen and oxygen atoms in total. The maximum Gasteiger partial charge on any atom is 0.0443 e. The van der Waals surface area contributed by atoms with E-state index >= 15 is 0 Å². The Balaban J connectivity index is 2.57. The zero-order valence-corrected chi connectivity index (χ0v) is 11.8. The molecular formula is C15H31NO. The number of hydrogen-bond acceptors (Lipinski definition) is 2. The Bertz CT molecular complexity index is 184. The highest BCUT2D eigenvalue weighted by Gasteiger charge is 2.25. The largest absolute Gasteiger partial charge is 0.396 e. The van der Waals surface area contributed by atoms with Crippen molar-refractivity contribution in [2.24, 2.45) is 5.92 Å². The van der Waals surface area contributed by atoms with Crippen molar-refractivity contribution in [1.82, 2.24) is 4.90 Å². The lowest BCUT2D eigenvalue weighted by Crippen LogP contribution is -2.41. The van der Waals surface area contributed by atoms with Crippen LogP contribution in [0.4, 0.5) is 0 Å². The standard InChI is InChI=1S/C15H31NO/c1-3-14-10-7-5-6-8-11-15(14)16(4-2)12-9-13-17/h14-15,17H,3-13H2,1-2H3. The van der Waals surface area contributed by atoms with Crippen LogP contribution in [0.5, 0.6) is 0 Å². The van der Waals surface area contributed by atoms with Crippen LogP contribution >= 0.6 is 0 Å². The van der Waals surface area contributed by atoms with E-state index in [1.807, 2.05) is 0 Å². The molecule has 0 radical (unpaired) electrons. The van der Waals surface area contributed by atoms with Crippen LogP contribution < -0.4 is 0 Å². The van der Waals surface area contributed by atoms with E-state index in [0.717, 1.165) is 31.5 Å². The van der Waals surface area contributed by atoms with Crippen molar-refractivity contribution in [2.75, 3.05) is 19.7 Å². The molecule has 0 aromatic heterocycles. The Morgan fingerprint density at radius 3 is 2.35 bits per heavy atom. The van der Waals surface area contributed by atoms with Gasteiger partial charge in [-0.1, -0.05) is 46.0 Å². The molecule has 1 fully saturated rings. The maximum absolute atomic E-state index is 9.01. The SMILES string of the molecule is CCC1CCCCCCC1N(CC)CCCO. The van der Waals surface area contributed by atoms with Gasteiger partial charge in [0.2, 0.25) is 0 Å². The van der Waals surface area contributed by atoms with E-state index in [4.69, 9.17) is 5.11 Å². The minimum absolute atomic E-state index is 0.333. The predicted octanol–water partition coefficient (Wildman–Crippen LogP) is 3.44. The summed E-state index contributed by atoms with van der Waals surface area (Å²) in [7, 11) is 0. The molecule has 0 aromatic carbocycles. The van der Waals surface area contributed by atoms with Crippen molar-refractivity contribution >= 4 is 0 Å². The van der Waals surface area contributed by atoms with Gasteiger partial charge in [-0.15, -0.1) is 0 Å². The summed E-state index contributed by atoms with van der Waals surface area (Å²) in [5.41, 5.74) is 0. The normalized spacial score (nSPS) is 26.8. The molecule has 17 heavy (non-hydrogen) atoms. The van der Waals surface area contributed by atoms with Crippen molar-refractivity contribution in [3.8, 4) is 0 Å². The fraction of sp³-hybridized carbons (Fsp3) is 1.00. The van der Waals surface area contributed by atoms with Crippen molar-refractivity contribution in [3.05, 3.63) is 0 Å². The molecule has 1 aliphatic carbocycles. The number of hydrogen-bond donors (Lipinski definition) is 1. The molecule has 1 saturated carbocycles. The Kier molecular flexibility index (Phi) is 7.87. The summed E-state index contributed by atoms with van der Waals surface area (Å²) < 4.78 is 0. The first kappa shape index (κ1) is 15.0. The van der Waals surface area contributed by atoms with Crippen molar-refractivity contribution < 1.29 is 5.11 Å². The highest BCUT2D eigenvalue weighted by molar-refractivity contribution is 4.80. The third kappa shape index (κ3) is 4.97. The van der Waals surface area contributed by atoms with Gasteiger partial charge in [-0.3, -0.25) is 0 Å². The Morgan fingerprint density at radius 2 is 1.76 bits per heavy atom. The lowest BCUT2D eigenvalue weighted by molar-refractivity contribution is 0.110. The Morgan fingerprint density at radius 1 is 1.06 bits per heavy atom. The minimum Gasteiger partial charge on any atom is -0.396 e. The zero-order valence-electron chi connectivity index (χ0n) is 11.8. The highest BCUT2D eigenvalue weighted by atomic mass is 16.3. The van der Waals surface area contributed by atoms with E-state index in [1.165, 1.54) is 44.9 Å². The minimum atomic E-state index is 0.333. The van der Waals surface area contributed by atoms with E-state index < -0.39 is 0 Å². The molecule has 0 bridgehead atoms. The summed E-state index contributed by atoms with van der Waals surface area (Å²) in [6.45, 7) is 7.16. The van der Waals surface area contributed by atoms with Gasteiger partial charge in [-0.05, 0) is 31.7 Å². The summed E-state index contributed by atoms with van der Waals surface area (Å²) >= 11 is 0. The van der Waals surface area contributed by atoms with Crippen LogP contribution in [0, 0.1) is 5.92 Å². The first-order valence-corrected chi connectivity index (χ1v) is 7.68. The van der Waals surface area contributed by atoms with Gasteiger partial charge in [0.05, 0.1) is 0 Å². The summed E-state index contributed by atoms with van der Waals surface area (Å²) in [6, 6.07) is 0.775. The first-order valence-electron chi connectivity index (χ1n) is 7.68. The van der Waals surface area contributed by atoms with Crippen molar-refractivity contribution in [3.63, 3.8) is 0 Å². The lowest BCUT2D eigenvalue weighted by Gasteiger charge is -2.37. The smallest absolute Gasteiger partial charge is 0.0443 e. The van der Waals surface area contributed by atoms with E-state index in [-0.39, 0.29) is 0 Å².